The van der Waals surface area contributed by atoms with Gasteiger partial charge in [-0.05, 0) is 38.1 Å². The number of aromatic amines is 1. The van der Waals surface area contributed by atoms with Gasteiger partial charge in [-0.2, -0.15) is 0 Å². The second-order valence-electron chi connectivity index (χ2n) is 7.94. The summed E-state index contributed by atoms with van der Waals surface area (Å²) in [5.74, 6) is 2.57. The second-order valence-corrected chi connectivity index (χ2v) is 8.88. The zero-order valence-electron chi connectivity index (χ0n) is 18.0. The van der Waals surface area contributed by atoms with Crippen LogP contribution in [0.2, 0.25) is 0 Å². The third-order valence-corrected chi connectivity index (χ3v) is 6.35. The van der Waals surface area contributed by atoms with Gasteiger partial charge >= 0.3 is 0 Å². The molecule has 2 aromatic carbocycles. The Hall–Kier alpha value is -3.26. The van der Waals surface area contributed by atoms with Crippen LogP contribution < -0.4 is 9.47 Å². The van der Waals surface area contributed by atoms with Gasteiger partial charge in [-0.1, -0.05) is 30.0 Å². The molecule has 7 nitrogen and oxygen atoms in total. The molecule has 4 aromatic rings. The van der Waals surface area contributed by atoms with Crippen LogP contribution in [0.25, 0.3) is 22.3 Å². The number of ether oxygens (including phenoxy) is 2. The number of fused-ring (bicyclic) bond motifs is 2. The highest BCUT2D eigenvalue weighted by molar-refractivity contribution is 7.99. The van der Waals surface area contributed by atoms with Gasteiger partial charge in [0.05, 0.1) is 19.0 Å². The summed E-state index contributed by atoms with van der Waals surface area (Å²) < 4.78 is 13.6. The van der Waals surface area contributed by atoms with Crippen LogP contribution in [0.15, 0.2) is 53.8 Å². The molecule has 164 valence electrons. The van der Waals surface area contributed by atoms with Gasteiger partial charge in [0.1, 0.15) is 0 Å². The van der Waals surface area contributed by atoms with E-state index in [1.54, 1.807) is 6.20 Å². The minimum Gasteiger partial charge on any atom is -0.490 e. The number of H-pyrrole nitrogens is 1. The zero-order chi connectivity index (χ0) is 22.1. The van der Waals surface area contributed by atoms with Crippen LogP contribution in [-0.2, 0) is 0 Å². The first kappa shape index (κ1) is 20.6. The van der Waals surface area contributed by atoms with Crippen LogP contribution in [0.5, 0.6) is 11.5 Å². The van der Waals surface area contributed by atoms with E-state index in [0.29, 0.717) is 18.8 Å². The quantitative estimate of drug-likeness (QED) is 0.325. The predicted molar refractivity (Wildman–Crippen MR) is 125 cm³/mol. The molecular formula is C24H24N4O3S. The highest BCUT2D eigenvalue weighted by Gasteiger charge is 2.21. The van der Waals surface area contributed by atoms with Crippen molar-refractivity contribution in [3.63, 3.8) is 0 Å². The van der Waals surface area contributed by atoms with Crippen molar-refractivity contribution in [2.45, 2.75) is 31.5 Å². The van der Waals surface area contributed by atoms with E-state index < -0.39 is 0 Å². The van der Waals surface area contributed by atoms with Gasteiger partial charge in [0, 0.05) is 40.7 Å². The normalized spacial score (nSPS) is 13.5. The van der Waals surface area contributed by atoms with Crippen LogP contribution >= 0.6 is 11.8 Å². The van der Waals surface area contributed by atoms with Crippen molar-refractivity contribution in [3.05, 3.63) is 54.2 Å². The minimum absolute atomic E-state index is 0.0582. The smallest absolute Gasteiger partial charge is 0.192 e. The third-order valence-electron chi connectivity index (χ3n) is 5.41. The summed E-state index contributed by atoms with van der Waals surface area (Å²) in [5, 5.41) is 10.5. The van der Waals surface area contributed by atoms with Gasteiger partial charge in [-0.3, -0.25) is 9.36 Å². The number of aromatic nitrogens is 4. The lowest BCUT2D eigenvalue weighted by atomic mass is 10.1. The van der Waals surface area contributed by atoms with E-state index in [-0.39, 0.29) is 17.6 Å². The Balaban J connectivity index is 1.40. The lowest BCUT2D eigenvalue weighted by Gasteiger charge is -2.15. The molecule has 32 heavy (non-hydrogen) atoms. The van der Waals surface area contributed by atoms with E-state index in [1.165, 1.54) is 11.8 Å². The SMILES string of the molecule is CC(C)n1c(SCC(=O)c2c[nH]c3ccccc23)nnc1-c1ccc2c(c1)OCCCO2. The molecule has 0 atom stereocenters. The Morgan fingerprint density at radius 1 is 1.12 bits per heavy atom. The number of hydrogen-bond donors (Lipinski definition) is 1. The molecule has 0 bridgehead atoms. The first-order valence-corrected chi connectivity index (χ1v) is 11.7. The molecule has 0 spiro atoms. The molecule has 0 fully saturated rings. The molecule has 0 unspecified atom stereocenters. The summed E-state index contributed by atoms with van der Waals surface area (Å²) in [6.45, 7) is 5.45. The van der Waals surface area contributed by atoms with Crippen molar-refractivity contribution in [1.29, 1.82) is 0 Å². The lowest BCUT2D eigenvalue weighted by Crippen LogP contribution is -2.07. The van der Waals surface area contributed by atoms with E-state index >= 15 is 0 Å². The standard InChI is InChI=1S/C24H24N4O3S/c1-15(2)28-23(16-8-9-21-22(12-16)31-11-5-10-30-21)26-27-24(28)32-14-20(29)18-13-25-19-7-4-3-6-17(18)19/h3-4,6-9,12-13,15,25H,5,10-11,14H2,1-2H3. The maximum atomic E-state index is 12.9. The van der Waals surface area contributed by atoms with Crippen molar-refractivity contribution in [1.82, 2.24) is 19.7 Å². The number of benzene rings is 2. The van der Waals surface area contributed by atoms with Crippen LogP contribution in [0.1, 0.15) is 36.7 Å². The maximum absolute atomic E-state index is 12.9. The topological polar surface area (TPSA) is 82.0 Å². The molecule has 8 heteroatoms. The molecule has 0 saturated heterocycles. The number of rotatable bonds is 6. The average Bonchev–Trinajstić information content (AvgIpc) is 3.35. The third kappa shape index (κ3) is 3.86. The number of ketones is 1. The van der Waals surface area contributed by atoms with Gasteiger partial charge < -0.3 is 14.5 Å². The van der Waals surface area contributed by atoms with Gasteiger partial charge in [-0.25, -0.2) is 0 Å². The molecule has 1 aliphatic heterocycles. The minimum atomic E-state index is 0.0582. The molecular weight excluding hydrogens is 424 g/mol. The van der Waals surface area contributed by atoms with E-state index in [4.69, 9.17) is 9.47 Å². The Bertz CT molecular complexity index is 1280. The Labute approximate surface area is 190 Å². The number of nitrogens with one attached hydrogen (secondary N) is 1. The van der Waals surface area contributed by atoms with E-state index in [0.717, 1.165) is 45.4 Å². The summed E-state index contributed by atoms with van der Waals surface area (Å²) in [7, 11) is 0. The molecule has 3 heterocycles. The second kappa shape index (κ2) is 8.70. The van der Waals surface area contributed by atoms with Crippen molar-refractivity contribution in [2.75, 3.05) is 19.0 Å². The maximum Gasteiger partial charge on any atom is 0.192 e. The predicted octanol–water partition coefficient (Wildman–Crippen LogP) is 5.14. The first-order valence-electron chi connectivity index (χ1n) is 10.7. The largest absolute Gasteiger partial charge is 0.490 e. The van der Waals surface area contributed by atoms with Gasteiger partial charge in [0.25, 0.3) is 0 Å². The molecule has 1 N–H and O–H groups in total. The van der Waals surface area contributed by atoms with Crippen molar-refractivity contribution >= 4 is 28.4 Å². The van der Waals surface area contributed by atoms with Gasteiger partial charge in [0.2, 0.25) is 0 Å². The fraction of sp³-hybridized carbons (Fsp3) is 0.292. The number of nitrogens with zero attached hydrogens (tertiary/aromatic N) is 3. The number of para-hydroxylation sites is 1. The van der Waals surface area contributed by atoms with Crippen LogP contribution in [0.3, 0.4) is 0 Å². The van der Waals surface area contributed by atoms with Crippen molar-refractivity contribution < 1.29 is 14.3 Å². The van der Waals surface area contributed by atoms with Crippen molar-refractivity contribution in [2.24, 2.45) is 0 Å². The number of carbonyl (C=O) groups excluding carboxylic acids is 1. The van der Waals surface area contributed by atoms with E-state index in [2.05, 4.69) is 33.6 Å². The lowest BCUT2D eigenvalue weighted by molar-refractivity contribution is 0.102. The summed E-state index contributed by atoms with van der Waals surface area (Å²) in [4.78, 5) is 16.1. The Morgan fingerprint density at radius 2 is 1.94 bits per heavy atom. The van der Waals surface area contributed by atoms with Gasteiger partial charge in [-0.15, -0.1) is 10.2 Å². The molecule has 0 saturated carbocycles. The monoisotopic (exact) mass is 448 g/mol. The van der Waals surface area contributed by atoms with Crippen molar-refractivity contribution in [3.8, 4) is 22.9 Å². The molecule has 0 radical (unpaired) electrons. The first-order chi connectivity index (χ1) is 15.6. The van der Waals surface area contributed by atoms with Gasteiger partial charge in [0.15, 0.2) is 28.3 Å². The van der Waals surface area contributed by atoms with Crippen LogP contribution in [0.4, 0.5) is 0 Å². The summed E-state index contributed by atoms with van der Waals surface area (Å²) in [6.07, 6.45) is 2.64. The van der Waals surface area contributed by atoms with Crippen LogP contribution in [0, 0.1) is 0 Å². The molecule has 1 aliphatic rings. The summed E-state index contributed by atoms with van der Waals surface area (Å²) in [5.41, 5.74) is 2.57. The number of Topliss-reactive ketones (excluding diaryl/α,β-unsaturated/α-hetero) is 1. The molecule has 2 aromatic heterocycles. The Kier molecular flexibility index (Phi) is 5.61. The molecule has 0 amide bonds. The number of carbonyl (C=O) groups is 1. The summed E-state index contributed by atoms with van der Waals surface area (Å²) >= 11 is 1.41. The molecule has 0 aliphatic carbocycles. The molecule has 5 rings (SSSR count). The highest BCUT2D eigenvalue weighted by Crippen LogP contribution is 2.35. The fourth-order valence-corrected chi connectivity index (χ4v) is 4.80. The summed E-state index contributed by atoms with van der Waals surface area (Å²) in [6, 6.07) is 13.8. The number of thioether (sulfide) groups is 1. The van der Waals surface area contributed by atoms with Crippen LogP contribution in [-0.4, -0.2) is 44.5 Å². The highest BCUT2D eigenvalue weighted by atomic mass is 32.2. The van der Waals surface area contributed by atoms with E-state index in [1.807, 2.05) is 42.5 Å². The zero-order valence-corrected chi connectivity index (χ0v) is 18.8. The van der Waals surface area contributed by atoms with E-state index in [9.17, 15) is 4.79 Å². The fourth-order valence-electron chi connectivity index (χ4n) is 3.85. The Morgan fingerprint density at radius 3 is 2.78 bits per heavy atom. The average molecular weight is 449 g/mol. The number of hydrogen-bond acceptors (Lipinski definition) is 6.